The van der Waals surface area contributed by atoms with Gasteiger partial charge in [0.05, 0.1) is 20.2 Å². The van der Waals surface area contributed by atoms with Crippen LogP contribution in [-0.2, 0) is 0 Å². The van der Waals surface area contributed by atoms with E-state index in [0.29, 0.717) is 11.0 Å². The maximum Gasteiger partial charge on any atom is 0.180 e. The standard InChI is InChI=1S/C20H44NO2/c1-3-4-5-6-7-8-9-10-11-12-13-14-15-16-17-21(2,20-23)18-19-22/h22-23H,3-20H2,1-2H3/q+1. The quantitative estimate of drug-likeness (QED) is 0.214. The molecule has 0 bridgehead atoms. The van der Waals surface area contributed by atoms with Crippen LogP contribution in [0.1, 0.15) is 96.8 Å². The maximum absolute atomic E-state index is 9.38. The van der Waals surface area contributed by atoms with Crippen molar-refractivity contribution in [1.82, 2.24) is 0 Å². The lowest BCUT2D eigenvalue weighted by Crippen LogP contribution is -2.47. The number of likely N-dealkylation sites (N-methyl/N-ethyl adjacent to an activating group) is 1. The van der Waals surface area contributed by atoms with Crippen molar-refractivity contribution in [2.75, 3.05) is 33.5 Å². The van der Waals surface area contributed by atoms with Crippen LogP contribution >= 0.6 is 0 Å². The van der Waals surface area contributed by atoms with E-state index in [-0.39, 0.29) is 13.3 Å². The molecule has 0 saturated carbocycles. The van der Waals surface area contributed by atoms with E-state index in [1.807, 2.05) is 7.05 Å². The number of aliphatic hydroxyl groups is 2. The Kier molecular flexibility index (Phi) is 16.6. The Bertz CT molecular complexity index is 236. The van der Waals surface area contributed by atoms with Crippen LogP contribution in [0, 0.1) is 0 Å². The highest BCUT2D eigenvalue weighted by Gasteiger charge is 2.18. The van der Waals surface area contributed by atoms with E-state index in [4.69, 9.17) is 5.11 Å². The lowest BCUT2D eigenvalue weighted by Gasteiger charge is -2.31. The molecule has 0 fully saturated rings. The van der Waals surface area contributed by atoms with Crippen molar-refractivity contribution in [3.8, 4) is 0 Å². The molecule has 0 radical (unpaired) electrons. The van der Waals surface area contributed by atoms with Crippen molar-refractivity contribution in [3.63, 3.8) is 0 Å². The Morgan fingerprint density at radius 3 is 1.30 bits per heavy atom. The number of unbranched alkanes of at least 4 members (excludes halogenated alkanes) is 13. The third-order valence-corrected chi connectivity index (χ3v) is 5.03. The Balaban J connectivity index is 3.21. The molecular weight excluding hydrogens is 286 g/mol. The Morgan fingerprint density at radius 2 is 0.957 bits per heavy atom. The first-order chi connectivity index (χ1) is 11.2. The minimum Gasteiger partial charge on any atom is -0.391 e. The van der Waals surface area contributed by atoms with Crippen LogP contribution in [0.5, 0.6) is 0 Å². The topological polar surface area (TPSA) is 40.5 Å². The molecule has 0 spiro atoms. The predicted molar refractivity (Wildman–Crippen MR) is 100 cm³/mol. The smallest absolute Gasteiger partial charge is 0.180 e. The van der Waals surface area contributed by atoms with E-state index in [2.05, 4.69) is 6.92 Å². The maximum atomic E-state index is 9.38. The van der Waals surface area contributed by atoms with Crippen molar-refractivity contribution < 1.29 is 14.7 Å². The molecule has 23 heavy (non-hydrogen) atoms. The summed E-state index contributed by atoms with van der Waals surface area (Å²) in [6.07, 6.45) is 19.3. The van der Waals surface area contributed by atoms with Crippen LogP contribution in [0.3, 0.4) is 0 Å². The van der Waals surface area contributed by atoms with Gasteiger partial charge >= 0.3 is 0 Å². The summed E-state index contributed by atoms with van der Waals surface area (Å²) < 4.78 is 0.592. The molecule has 0 aromatic rings. The van der Waals surface area contributed by atoms with Crippen LogP contribution in [0.15, 0.2) is 0 Å². The molecule has 3 nitrogen and oxygen atoms in total. The van der Waals surface area contributed by atoms with Gasteiger partial charge < -0.3 is 14.7 Å². The lowest BCUT2D eigenvalue weighted by molar-refractivity contribution is -0.927. The van der Waals surface area contributed by atoms with Gasteiger partial charge in [0.25, 0.3) is 0 Å². The second-order valence-electron chi connectivity index (χ2n) is 7.53. The first-order valence-corrected chi connectivity index (χ1v) is 10.2. The highest BCUT2D eigenvalue weighted by Crippen LogP contribution is 2.13. The fourth-order valence-electron chi connectivity index (χ4n) is 3.18. The van der Waals surface area contributed by atoms with Crippen molar-refractivity contribution in [1.29, 1.82) is 0 Å². The average Bonchev–Trinajstić information content (AvgIpc) is 2.55. The predicted octanol–water partition coefficient (Wildman–Crippen LogP) is 4.86. The van der Waals surface area contributed by atoms with Gasteiger partial charge in [0.1, 0.15) is 6.54 Å². The van der Waals surface area contributed by atoms with Gasteiger partial charge in [-0.15, -0.1) is 0 Å². The zero-order valence-corrected chi connectivity index (χ0v) is 16.1. The third kappa shape index (κ3) is 15.2. The summed E-state index contributed by atoms with van der Waals surface area (Å²) in [5.74, 6) is 0. The van der Waals surface area contributed by atoms with E-state index in [1.165, 1.54) is 83.5 Å². The lowest BCUT2D eigenvalue weighted by atomic mass is 10.0. The third-order valence-electron chi connectivity index (χ3n) is 5.03. The molecule has 0 aromatic heterocycles. The van der Waals surface area contributed by atoms with Crippen molar-refractivity contribution in [2.45, 2.75) is 96.8 Å². The number of hydrogen-bond donors (Lipinski definition) is 2. The molecule has 1 unspecified atom stereocenters. The van der Waals surface area contributed by atoms with Crippen LogP contribution in [-0.4, -0.2) is 48.2 Å². The molecule has 140 valence electrons. The average molecular weight is 331 g/mol. The number of aliphatic hydroxyl groups excluding tert-OH is 2. The van der Waals surface area contributed by atoms with Crippen molar-refractivity contribution in [3.05, 3.63) is 0 Å². The zero-order valence-electron chi connectivity index (χ0n) is 16.1. The normalized spacial score (nSPS) is 14.1. The summed E-state index contributed by atoms with van der Waals surface area (Å²) in [6.45, 7) is 4.22. The molecule has 0 aliphatic heterocycles. The SMILES string of the molecule is CCCCCCCCCCCCCCCC[N+](C)(CO)CCO. The molecular formula is C20H44NO2+. The molecule has 0 saturated heterocycles. The van der Waals surface area contributed by atoms with Crippen LogP contribution < -0.4 is 0 Å². The van der Waals surface area contributed by atoms with Gasteiger partial charge in [-0.25, -0.2) is 0 Å². The molecule has 0 aromatic carbocycles. The summed E-state index contributed by atoms with van der Waals surface area (Å²) in [5.41, 5.74) is 0. The molecule has 0 heterocycles. The van der Waals surface area contributed by atoms with Gasteiger partial charge in [0, 0.05) is 0 Å². The second-order valence-corrected chi connectivity index (χ2v) is 7.53. The highest BCUT2D eigenvalue weighted by atomic mass is 16.3. The van der Waals surface area contributed by atoms with Gasteiger partial charge in [-0.05, 0) is 12.8 Å². The van der Waals surface area contributed by atoms with E-state index < -0.39 is 0 Å². The minimum atomic E-state index is 0.138. The zero-order chi connectivity index (χ0) is 17.2. The Hall–Kier alpha value is -0.120. The minimum absolute atomic E-state index is 0.138. The summed E-state index contributed by atoms with van der Waals surface area (Å²) in [5, 5.41) is 18.4. The molecule has 0 rings (SSSR count). The number of nitrogens with zero attached hydrogens (tertiary/aromatic N) is 1. The fourth-order valence-corrected chi connectivity index (χ4v) is 3.18. The fraction of sp³-hybridized carbons (Fsp3) is 1.00. The second kappa shape index (κ2) is 16.7. The monoisotopic (exact) mass is 330 g/mol. The molecule has 3 heteroatoms. The van der Waals surface area contributed by atoms with E-state index in [9.17, 15) is 5.11 Å². The Labute approximate surface area is 145 Å². The van der Waals surface area contributed by atoms with Crippen molar-refractivity contribution >= 4 is 0 Å². The number of rotatable bonds is 18. The van der Waals surface area contributed by atoms with E-state index in [1.54, 1.807) is 0 Å². The van der Waals surface area contributed by atoms with E-state index in [0.717, 1.165) is 13.0 Å². The van der Waals surface area contributed by atoms with Crippen LogP contribution in [0.2, 0.25) is 0 Å². The van der Waals surface area contributed by atoms with E-state index >= 15 is 0 Å². The first-order valence-electron chi connectivity index (χ1n) is 10.2. The molecule has 0 aliphatic carbocycles. The first kappa shape index (κ1) is 22.9. The van der Waals surface area contributed by atoms with Crippen LogP contribution in [0.25, 0.3) is 0 Å². The van der Waals surface area contributed by atoms with Gasteiger partial charge in [-0.1, -0.05) is 84.0 Å². The summed E-state index contributed by atoms with van der Waals surface area (Å²) in [6, 6.07) is 0. The number of hydrogen-bond acceptors (Lipinski definition) is 2. The van der Waals surface area contributed by atoms with Gasteiger partial charge in [0.2, 0.25) is 0 Å². The highest BCUT2D eigenvalue weighted by molar-refractivity contribution is 4.49. The summed E-state index contributed by atoms with van der Waals surface area (Å²) in [4.78, 5) is 0. The molecule has 0 aliphatic rings. The molecule has 0 amide bonds. The van der Waals surface area contributed by atoms with Gasteiger partial charge in [0.15, 0.2) is 6.73 Å². The number of quaternary nitrogens is 1. The van der Waals surface area contributed by atoms with Gasteiger partial charge in [-0.2, -0.15) is 0 Å². The van der Waals surface area contributed by atoms with Crippen LogP contribution in [0.4, 0.5) is 0 Å². The van der Waals surface area contributed by atoms with Crippen molar-refractivity contribution in [2.24, 2.45) is 0 Å². The molecule has 1 atom stereocenters. The van der Waals surface area contributed by atoms with Gasteiger partial charge in [-0.3, -0.25) is 0 Å². The molecule has 2 N–H and O–H groups in total. The Morgan fingerprint density at radius 1 is 0.565 bits per heavy atom. The largest absolute Gasteiger partial charge is 0.391 e. The summed E-state index contributed by atoms with van der Waals surface area (Å²) >= 11 is 0. The summed E-state index contributed by atoms with van der Waals surface area (Å²) in [7, 11) is 2.03.